The van der Waals surface area contributed by atoms with Crippen LogP contribution in [0.1, 0.15) is 46.5 Å². The molecule has 8 nitrogen and oxygen atoms in total. The molecule has 1 N–H and O–H groups in total. The second-order valence-electron chi connectivity index (χ2n) is 5.06. The van der Waals surface area contributed by atoms with Crippen LogP contribution in [-0.2, 0) is 11.3 Å². The first kappa shape index (κ1) is 13.7. The molecule has 0 aliphatic carbocycles. The van der Waals surface area contributed by atoms with E-state index in [1.54, 1.807) is 4.68 Å². The molecule has 1 unspecified atom stereocenters. The van der Waals surface area contributed by atoms with E-state index in [-0.39, 0.29) is 11.7 Å². The minimum Gasteiger partial charge on any atom is -0.464 e. The van der Waals surface area contributed by atoms with Gasteiger partial charge in [-0.2, -0.15) is 0 Å². The maximum atomic E-state index is 11.9. The predicted molar refractivity (Wildman–Crippen MR) is 71.7 cm³/mol. The lowest BCUT2D eigenvalue weighted by Crippen LogP contribution is -2.21. The highest BCUT2D eigenvalue weighted by Gasteiger charge is 2.29. The molecule has 1 saturated heterocycles. The molecule has 112 valence electrons. The van der Waals surface area contributed by atoms with Gasteiger partial charge < -0.3 is 14.6 Å². The third-order valence-corrected chi connectivity index (χ3v) is 3.52. The minimum atomic E-state index is -0.473. The number of nitrogens with one attached hydrogen (secondary N) is 1. The summed E-state index contributed by atoms with van der Waals surface area (Å²) in [5.74, 6) is 0.201. The predicted octanol–water partition coefficient (Wildman–Crippen LogP) is 0.834. The molecule has 1 aliphatic rings. The van der Waals surface area contributed by atoms with Crippen molar-refractivity contribution in [3.63, 3.8) is 0 Å². The number of aryl methyl sites for hydroxylation is 1. The molecule has 0 amide bonds. The number of nitrogens with zero attached hydrogens (tertiary/aromatic N) is 4. The van der Waals surface area contributed by atoms with Crippen LogP contribution in [0.15, 0.2) is 10.6 Å². The second-order valence-corrected chi connectivity index (χ2v) is 5.06. The number of carbonyl (C=O) groups is 1. The SMILES string of the molecule is COC(=O)c1nnn(Cc2cc(C)no2)c1C1CCCN1. The van der Waals surface area contributed by atoms with Crippen molar-refractivity contribution in [3.05, 3.63) is 28.9 Å². The Labute approximate surface area is 121 Å². The van der Waals surface area contributed by atoms with Gasteiger partial charge in [0.1, 0.15) is 6.54 Å². The van der Waals surface area contributed by atoms with Crippen LogP contribution >= 0.6 is 0 Å². The van der Waals surface area contributed by atoms with Gasteiger partial charge in [0.25, 0.3) is 0 Å². The van der Waals surface area contributed by atoms with Gasteiger partial charge >= 0.3 is 5.97 Å². The number of esters is 1. The largest absolute Gasteiger partial charge is 0.464 e. The molecule has 0 saturated carbocycles. The second kappa shape index (κ2) is 5.65. The zero-order valence-corrected chi connectivity index (χ0v) is 12.0. The van der Waals surface area contributed by atoms with Crippen molar-refractivity contribution in [1.29, 1.82) is 0 Å². The van der Waals surface area contributed by atoms with Crippen molar-refractivity contribution in [1.82, 2.24) is 25.5 Å². The zero-order chi connectivity index (χ0) is 14.8. The number of hydrogen-bond acceptors (Lipinski definition) is 7. The van der Waals surface area contributed by atoms with Gasteiger partial charge in [-0.15, -0.1) is 5.10 Å². The van der Waals surface area contributed by atoms with E-state index in [1.165, 1.54) is 7.11 Å². The zero-order valence-electron chi connectivity index (χ0n) is 12.0. The van der Waals surface area contributed by atoms with Crippen LogP contribution in [0.4, 0.5) is 0 Å². The Morgan fingerprint density at radius 2 is 2.48 bits per heavy atom. The molecule has 2 aromatic heterocycles. The maximum Gasteiger partial charge on any atom is 0.360 e. The van der Waals surface area contributed by atoms with E-state index >= 15 is 0 Å². The molecular weight excluding hydrogens is 274 g/mol. The Balaban J connectivity index is 1.95. The maximum absolute atomic E-state index is 11.9. The highest BCUT2D eigenvalue weighted by atomic mass is 16.5. The first-order valence-electron chi connectivity index (χ1n) is 6.86. The van der Waals surface area contributed by atoms with E-state index in [2.05, 4.69) is 20.8 Å². The van der Waals surface area contributed by atoms with Crippen molar-refractivity contribution in [2.75, 3.05) is 13.7 Å². The average Bonchev–Trinajstić information content (AvgIpc) is 3.19. The number of rotatable bonds is 4. The molecule has 0 spiro atoms. The molecular formula is C13H17N5O3. The Hall–Kier alpha value is -2.22. The highest BCUT2D eigenvalue weighted by Crippen LogP contribution is 2.26. The lowest BCUT2D eigenvalue weighted by atomic mass is 10.1. The molecule has 3 rings (SSSR count). The van der Waals surface area contributed by atoms with Crippen LogP contribution in [0.2, 0.25) is 0 Å². The monoisotopic (exact) mass is 291 g/mol. The van der Waals surface area contributed by atoms with Gasteiger partial charge in [-0.25, -0.2) is 9.48 Å². The highest BCUT2D eigenvalue weighted by molar-refractivity contribution is 5.88. The molecule has 0 radical (unpaired) electrons. The van der Waals surface area contributed by atoms with Crippen LogP contribution in [0.25, 0.3) is 0 Å². The molecule has 8 heteroatoms. The van der Waals surface area contributed by atoms with E-state index in [1.807, 2.05) is 13.0 Å². The van der Waals surface area contributed by atoms with E-state index in [4.69, 9.17) is 9.26 Å². The Morgan fingerprint density at radius 1 is 1.62 bits per heavy atom. The fourth-order valence-corrected chi connectivity index (χ4v) is 2.58. The number of ether oxygens (including phenoxy) is 1. The average molecular weight is 291 g/mol. The summed E-state index contributed by atoms with van der Waals surface area (Å²) in [5, 5.41) is 15.3. The van der Waals surface area contributed by atoms with Gasteiger partial charge in [-0.3, -0.25) is 0 Å². The third-order valence-electron chi connectivity index (χ3n) is 3.52. The first-order valence-corrected chi connectivity index (χ1v) is 6.86. The van der Waals surface area contributed by atoms with Gasteiger partial charge in [0, 0.05) is 6.07 Å². The van der Waals surface area contributed by atoms with E-state index in [0.29, 0.717) is 12.3 Å². The summed E-state index contributed by atoms with van der Waals surface area (Å²) in [4.78, 5) is 11.9. The lowest BCUT2D eigenvalue weighted by Gasteiger charge is -2.12. The molecule has 1 aliphatic heterocycles. The van der Waals surface area contributed by atoms with E-state index in [0.717, 1.165) is 30.8 Å². The Morgan fingerprint density at radius 3 is 3.10 bits per heavy atom. The van der Waals surface area contributed by atoms with Gasteiger partial charge in [0.2, 0.25) is 0 Å². The summed E-state index contributed by atoms with van der Waals surface area (Å²) in [7, 11) is 1.34. The summed E-state index contributed by atoms with van der Waals surface area (Å²) in [5.41, 5.74) is 1.81. The van der Waals surface area contributed by atoms with Crippen molar-refractivity contribution in [2.45, 2.75) is 32.4 Å². The summed E-state index contributed by atoms with van der Waals surface area (Å²) < 4.78 is 11.7. The fourth-order valence-electron chi connectivity index (χ4n) is 2.58. The smallest absolute Gasteiger partial charge is 0.360 e. The summed E-state index contributed by atoms with van der Waals surface area (Å²) >= 11 is 0. The lowest BCUT2D eigenvalue weighted by molar-refractivity contribution is 0.0591. The summed E-state index contributed by atoms with van der Waals surface area (Å²) in [6, 6.07) is 1.89. The molecule has 2 aromatic rings. The fraction of sp³-hybridized carbons (Fsp3) is 0.538. The van der Waals surface area contributed by atoms with E-state index in [9.17, 15) is 4.79 Å². The minimum absolute atomic E-state index is 0.0538. The van der Waals surface area contributed by atoms with Gasteiger partial charge in [0.15, 0.2) is 11.5 Å². The van der Waals surface area contributed by atoms with Gasteiger partial charge in [0.05, 0.1) is 24.5 Å². The van der Waals surface area contributed by atoms with Crippen molar-refractivity contribution >= 4 is 5.97 Å². The van der Waals surface area contributed by atoms with Crippen molar-refractivity contribution in [2.24, 2.45) is 0 Å². The number of carbonyl (C=O) groups excluding carboxylic acids is 1. The standard InChI is InChI=1S/C13H17N5O3/c1-8-6-9(21-16-8)7-18-12(10-4-3-5-14-10)11(15-17-18)13(19)20-2/h6,10,14H,3-5,7H2,1-2H3. The molecule has 1 fully saturated rings. The molecule has 0 aromatic carbocycles. The Kier molecular flexibility index (Phi) is 3.70. The number of methoxy groups -OCH3 is 1. The molecule has 21 heavy (non-hydrogen) atoms. The van der Waals surface area contributed by atoms with Crippen LogP contribution in [0.5, 0.6) is 0 Å². The van der Waals surface area contributed by atoms with Crippen LogP contribution < -0.4 is 5.32 Å². The summed E-state index contributed by atoms with van der Waals surface area (Å²) in [6.07, 6.45) is 1.99. The van der Waals surface area contributed by atoms with Crippen LogP contribution in [0.3, 0.4) is 0 Å². The topological polar surface area (TPSA) is 95.1 Å². The first-order chi connectivity index (χ1) is 10.2. The third kappa shape index (κ3) is 2.66. The Bertz CT molecular complexity index is 642. The van der Waals surface area contributed by atoms with Crippen LogP contribution in [0, 0.1) is 6.92 Å². The summed E-state index contributed by atoms with van der Waals surface area (Å²) in [6.45, 7) is 3.16. The van der Waals surface area contributed by atoms with Crippen molar-refractivity contribution < 1.29 is 14.1 Å². The normalized spacial score (nSPS) is 18.1. The number of aromatic nitrogens is 4. The quantitative estimate of drug-likeness (QED) is 0.834. The van der Waals surface area contributed by atoms with E-state index < -0.39 is 5.97 Å². The van der Waals surface area contributed by atoms with Gasteiger partial charge in [-0.1, -0.05) is 10.4 Å². The molecule has 0 bridgehead atoms. The van der Waals surface area contributed by atoms with Gasteiger partial charge in [-0.05, 0) is 26.3 Å². The van der Waals surface area contributed by atoms with Crippen molar-refractivity contribution in [3.8, 4) is 0 Å². The molecule has 1 atom stereocenters. The number of hydrogen-bond donors (Lipinski definition) is 1. The van der Waals surface area contributed by atoms with Crippen LogP contribution in [-0.4, -0.2) is 39.8 Å². The molecule has 3 heterocycles.